The summed E-state index contributed by atoms with van der Waals surface area (Å²) in [4.78, 5) is 11.8. The van der Waals surface area contributed by atoms with Crippen molar-refractivity contribution in [2.24, 2.45) is 0 Å². The quantitative estimate of drug-likeness (QED) is 0.868. The molecule has 104 valence electrons. The number of urea groups is 1. The summed E-state index contributed by atoms with van der Waals surface area (Å²) < 4.78 is 0.947. The van der Waals surface area contributed by atoms with Crippen LogP contribution in [-0.4, -0.2) is 12.6 Å². The summed E-state index contributed by atoms with van der Waals surface area (Å²) in [6.07, 6.45) is 0.825. The molecule has 2 aromatic carbocycles. The highest BCUT2D eigenvalue weighted by atomic mass is 79.9. The van der Waals surface area contributed by atoms with Gasteiger partial charge in [0.05, 0.1) is 0 Å². The van der Waals surface area contributed by atoms with E-state index in [4.69, 9.17) is 0 Å². The van der Waals surface area contributed by atoms with Crippen molar-refractivity contribution in [2.45, 2.75) is 13.3 Å². The van der Waals surface area contributed by atoms with Gasteiger partial charge in [0.25, 0.3) is 0 Å². The first kappa shape index (κ1) is 14.6. The highest BCUT2D eigenvalue weighted by molar-refractivity contribution is 9.10. The van der Waals surface area contributed by atoms with Gasteiger partial charge in [-0.3, -0.25) is 0 Å². The lowest BCUT2D eigenvalue weighted by molar-refractivity contribution is 0.252. The summed E-state index contributed by atoms with van der Waals surface area (Å²) in [6, 6.07) is 15.7. The number of halogens is 1. The minimum Gasteiger partial charge on any atom is -0.338 e. The highest BCUT2D eigenvalue weighted by Gasteiger charge is 2.04. The van der Waals surface area contributed by atoms with Gasteiger partial charge in [-0.2, -0.15) is 0 Å². The second-order valence-electron chi connectivity index (χ2n) is 4.58. The van der Waals surface area contributed by atoms with Gasteiger partial charge >= 0.3 is 6.03 Å². The van der Waals surface area contributed by atoms with Crippen LogP contribution in [0.4, 0.5) is 10.5 Å². The molecule has 0 saturated heterocycles. The van der Waals surface area contributed by atoms with Crippen molar-refractivity contribution in [3.63, 3.8) is 0 Å². The molecule has 2 aromatic rings. The monoisotopic (exact) mass is 332 g/mol. The molecule has 0 bridgehead atoms. The van der Waals surface area contributed by atoms with Gasteiger partial charge in [0.15, 0.2) is 0 Å². The van der Waals surface area contributed by atoms with E-state index in [1.807, 2.05) is 43.3 Å². The van der Waals surface area contributed by atoms with E-state index < -0.39 is 0 Å². The van der Waals surface area contributed by atoms with Crippen LogP contribution in [0.25, 0.3) is 0 Å². The molecule has 3 nitrogen and oxygen atoms in total. The SMILES string of the molecule is Cc1ccc(Br)cc1NC(=O)NCCc1ccccc1. The van der Waals surface area contributed by atoms with E-state index in [1.165, 1.54) is 5.56 Å². The molecule has 2 N–H and O–H groups in total. The average Bonchev–Trinajstić information content (AvgIpc) is 2.44. The molecule has 20 heavy (non-hydrogen) atoms. The van der Waals surface area contributed by atoms with Gasteiger partial charge in [-0.05, 0) is 36.6 Å². The summed E-state index contributed by atoms with van der Waals surface area (Å²) in [5.41, 5.74) is 3.06. The maximum atomic E-state index is 11.8. The number of carbonyl (C=O) groups excluding carboxylic acids is 1. The van der Waals surface area contributed by atoms with Crippen LogP contribution in [0.5, 0.6) is 0 Å². The molecule has 0 aromatic heterocycles. The number of aryl methyl sites for hydroxylation is 1. The molecule has 0 aliphatic rings. The zero-order chi connectivity index (χ0) is 14.4. The number of benzene rings is 2. The zero-order valence-electron chi connectivity index (χ0n) is 11.3. The van der Waals surface area contributed by atoms with E-state index in [1.54, 1.807) is 0 Å². The molecule has 0 aliphatic carbocycles. The molecule has 0 saturated carbocycles. The fourth-order valence-electron chi connectivity index (χ4n) is 1.86. The first-order valence-corrected chi connectivity index (χ1v) is 7.29. The number of anilines is 1. The molecule has 0 radical (unpaired) electrons. The fraction of sp³-hybridized carbons (Fsp3) is 0.188. The molecule has 0 fully saturated rings. The van der Waals surface area contributed by atoms with Crippen LogP contribution in [0.1, 0.15) is 11.1 Å². The maximum Gasteiger partial charge on any atom is 0.319 e. The molecule has 0 unspecified atom stereocenters. The Morgan fingerprint density at radius 2 is 1.90 bits per heavy atom. The number of nitrogens with one attached hydrogen (secondary N) is 2. The Kier molecular flexibility index (Phi) is 5.18. The van der Waals surface area contributed by atoms with E-state index >= 15 is 0 Å². The van der Waals surface area contributed by atoms with E-state index in [-0.39, 0.29) is 6.03 Å². The van der Waals surface area contributed by atoms with Gasteiger partial charge in [0.1, 0.15) is 0 Å². The van der Waals surface area contributed by atoms with Crippen LogP contribution in [0.2, 0.25) is 0 Å². The van der Waals surface area contributed by atoms with Crippen molar-refractivity contribution < 1.29 is 4.79 Å². The van der Waals surface area contributed by atoms with E-state index in [2.05, 4.69) is 38.7 Å². The summed E-state index contributed by atoms with van der Waals surface area (Å²) in [5.74, 6) is 0. The van der Waals surface area contributed by atoms with Gasteiger partial charge in [0, 0.05) is 16.7 Å². The largest absolute Gasteiger partial charge is 0.338 e. The van der Waals surface area contributed by atoms with Crippen molar-refractivity contribution in [1.29, 1.82) is 0 Å². The Morgan fingerprint density at radius 3 is 2.65 bits per heavy atom. The number of hydrogen-bond acceptors (Lipinski definition) is 1. The lowest BCUT2D eigenvalue weighted by Gasteiger charge is -2.10. The van der Waals surface area contributed by atoms with Gasteiger partial charge < -0.3 is 10.6 Å². The van der Waals surface area contributed by atoms with E-state index in [0.717, 1.165) is 22.1 Å². The minimum absolute atomic E-state index is 0.179. The molecule has 0 aliphatic heterocycles. The summed E-state index contributed by atoms with van der Waals surface area (Å²) in [7, 11) is 0. The Hall–Kier alpha value is -1.81. The third-order valence-electron chi connectivity index (χ3n) is 2.99. The topological polar surface area (TPSA) is 41.1 Å². The number of hydrogen-bond donors (Lipinski definition) is 2. The van der Waals surface area contributed by atoms with Crippen LogP contribution in [0.3, 0.4) is 0 Å². The van der Waals surface area contributed by atoms with Crippen molar-refractivity contribution in [3.8, 4) is 0 Å². The summed E-state index contributed by atoms with van der Waals surface area (Å²) in [6.45, 7) is 2.58. The fourth-order valence-corrected chi connectivity index (χ4v) is 2.22. The lowest BCUT2D eigenvalue weighted by Crippen LogP contribution is -2.30. The van der Waals surface area contributed by atoms with Gasteiger partial charge in [-0.25, -0.2) is 4.79 Å². The van der Waals surface area contributed by atoms with Crippen molar-refractivity contribution in [3.05, 3.63) is 64.1 Å². The van der Waals surface area contributed by atoms with Crippen LogP contribution >= 0.6 is 15.9 Å². The molecular weight excluding hydrogens is 316 g/mol. The molecule has 0 spiro atoms. The first-order chi connectivity index (χ1) is 9.65. The smallest absolute Gasteiger partial charge is 0.319 e. The van der Waals surface area contributed by atoms with Crippen LogP contribution in [0.15, 0.2) is 53.0 Å². The molecule has 4 heteroatoms. The second kappa shape index (κ2) is 7.10. The Bertz CT molecular complexity index is 584. The van der Waals surface area contributed by atoms with Crippen molar-refractivity contribution in [1.82, 2.24) is 5.32 Å². The standard InChI is InChI=1S/C16H17BrN2O/c1-12-7-8-14(17)11-15(12)19-16(20)18-10-9-13-5-3-2-4-6-13/h2-8,11H,9-10H2,1H3,(H2,18,19,20). The molecule has 2 amide bonds. The van der Waals surface area contributed by atoms with E-state index in [9.17, 15) is 4.79 Å². The second-order valence-corrected chi connectivity index (χ2v) is 5.49. The summed E-state index contributed by atoms with van der Waals surface area (Å²) in [5, 5.41) is 5.72. The van der Waals surface area contributed by atoms with Crippen molar-refractivity contribution >= 4 is 27.6 Å². The Labute approximate surface area is 127 Å². The highest BCUT2D eigenvalue weighted by Crippen LogP contribution is 2.20. The predicted molar refractivity (Wildman–Crippen MR) is 86.0 cm³/mol. The third kappa shape index (κ3) is 4.38. The number of carbonyl (C=O) groups is 1. The molecule has 2 rings (SSSR count). The molecule has 0 heterocycles. The zero-order valence-corrected chi connectivity index (χ0v) is 12.9. The predicted octanol–water partition coefficient (Wildman–Crippen LogP) is 4.12. The van der Waals surface area contributed by atoms with Crippen LogP contribution < -0.4 is 10.6 Å². The Balaban J connectivity index is 1.82. The first-order valence-electron chi connectivity index (χ1n) is 6.50. The van der Waals surface area contributed by atoms with Crippen LogP contribution in [-0.2, 0) is 6.42 Å². The van der Waals surface area contributed by atoms with Crippen molar-refractivity contribution in [2.75, 3.05) is 11.9 Å². The third-order valence-corrected chi connectivity index (χ3v) is 3.48. The number of rotatable bonds is 4. The Morgan fingerprint density at radius 1 is 1.15 bits per heavy atom. The molecule has 0 atom stereocenters. The molecular formula is C16H17BrN2O. The van der Waals surface area contributed by atoms with Crippen LogP contribution in [0, 0.1) is 6.92 Å². The maximum absolute atomic E-state index is 11.8. The average molecular weight is 333 g/mol. The van der Waals surface area contributed by atoms with Gasteiger partial charge in [-0.1, -0.05) is 52.3 Å². The summed E-state index contributed by atoms with van der Waals surface area (Å²) >= 11 is 3.40. The number of amides is 2. The minimum atomic E-state index is -0.179. The van der Waals surface area contributed by atoms with Gasteiger partial charge in [-0.15, -0.1) is 0 Å². The normalized spacial score (nSPS) is 10.1. The van der Waals surface area contributed by atoms with E-state index in [0.29, 0.717) is 6.54 Å². The lowest BCUT2D eigenvalue weighted by atomic mass is 10.1. The van der Waals surface area contributed by atoms with Gasteiger partial charge in [0.2, 0.25) is 0 Å².